The van der Waals surface area contributed by atoms with Gasteiger partial charge in [0.15, 0.2) is 5.65 Å². The Bertz CT molecular complexity index is 1190. The van der Waals surface area contributed by atoms with E-state index in [2.05, 4.69) is 10.3 Å². The highest BCUT2D eigenvalue weighted by molar-refractivity contribution is 5.80. The normalized spacial score (nSPS) is 10.8. The summed E-state index contributed by atoms with van der Waals surface area (Å²) in [6, 6.07) is 20.3. The van der Waals surface area contributed by atoms with E-state index in [-0.39, 0.29) is 18.1 Å². The van der Waals surface area contributed by atoms with Crippen molar-refractivity contribution in [2.24, 2.45) is 0 Å². The third-order valence-corrected chi connectivity index (χ3v) is 4.66. The topological polar surface area (TPSA) is 78.1 Å². The van der Waals surface area contributed by atoms with E-state index in [9.17, 15) is 9.59 Å². The number of carbonyl (C=O) groups is 1. The lowest BCUT2D eigenvalue weighted by molar-refractivity contribution is -0.121. The molecule has 7 heteroatoms. The molecule has 7 nitrogen and oxygen atoms in total. The molecule has 0 aliphatic heterocycles. The molecule has 0 aliphatic rings. The number of benzene rings is 2. The lowest BCUT2D eigenvalue weighted by Crippen LogP contribution is -2.32. The summed E-state index contributed by atoms with van der Waals surface area (Å²) in [6.07, 6.45) is 1.63. The number of methoxy groups -OCH3 is 1. The quantitative estimate of drug-likeness (QED) is 0.551. The van der Waals surface area contributed by atoms with E-state index in [1.807, 2.05) is 30.3 Å². The van der Waals surface area contributed by atoms with Gasteiger partial charge in [0.1, 0.15) is 12.3 Å². The number of aromatic nitrogens is 3. The van der Waals surface area contributed by atoms with Gasteiger partial charge in [0.25, 0.3) is 0 Å². The summed E-state index contributed by atoms with van der Waals surface area (Å²) in [5.41, 5.74) is 2.43. The molecule has 1 amide bonds. The van der Waals surface area contributed by atoms with Crippen LogP contribution in [-0.2, 0) is 17.9 Å². The fourth-order valence-corrected chi connectivity index (χ4v) is 3.20. The third kappa shape index (κ3) is 3.75. The van der Waals surface area contributed by atoms with Crippen molar-refractivity contribution < 1.29 is 9.53 Å². The fraction of sp³-hybridized carbons (Fsp3) is 0.136. The molecule has 0 saturated heterocycles. The molecule has 0 bridgehead atoms. The van der Waals surface area contributed by atoms with Crippen molar-refractivity contribution >= 4 is 17.1 Å². The first kappa shape index (κ1) is 18.5. The molecule has 29 heavy (non-hydrogen) atoms. The summed E-state index contributed by atoms with van der Waals surface area (Å²) in [4.78, 5) is 30.0. The van der Waals surface area contributed by atoms with E-state index in [1.165, 1.54) is 9.13 Å². The molecule has 0 spiro atoms. The smallest absolute Gasteiger partial charge is 0.335 e. The summed E-state index contributed by atoms with van der Waals surface area (Å²) >= 11 is 0. The van der Waals surface area contributed by atoms with E-state index >= 15 is 0 Å². The van der Waals surface area contributed by atoms with E-state index in [0.29, 0.717) is 29.1 Å². The van der Waals surface area contributed by atoms with Crippen LogP contribution in [0.4, 0.5) is 0 Å². The lowest BCUT2D eigenvalue weighted by atomic mass is 10.2. The number of carbonyl (C=O) groups excluding carboxylic acids is 1. The average Bonchev–Trinajstić information content (AvgIpc) is 3.04. The molecule has 2 heterocycles. The van der Waals surface area contributed by atoms with Crippen LogP contribution in [0.3, 0.4) is 0 Å². The fourth-order valence-electron chi connectivity index (χ4n) is 3.20. The van der Waals surface area contributed by atoms with E-state index in [1.54, 1.807) is 49.7 Å². The van der Waals surface area contributed by atoms with Gasteiger partial charge in [-0.05, 0) is 42.0 Å². The SMILES string of the molecule is COc1ccc(-n2c(=O)n(CC(=O)NCc3ccccc3)c3cccnc32)cc1. The molecule has 4 aromatic rings. The molecule has 0 atom stereocenters. The predicted molar refractivity (Wildman–Crippen MR) is 110 cm³/mol. The zero-order valence-corrected chi connectivity index (χ0v) is 15.9. The Morgan fingerprint density at radius 1 is 1.03 bits per heavy atom. The van der Waals surface area contributed by atoms with Crippen molar-refractivity contribution in [2.75, 3.05) is 7.11 Å². The van der Waals surface area contributed by atoms with Gasteiger partial charge in [0.05, 0.1) is 18.3 Å². The minimum atomic E-state index is -0.321. The van der Waals surface area contributed by atoms with Crippen molar-refractivity contribution in [3.8, 4) is 11.4 Å². The summed E-state index contributed by atoms with van der Waals surface area (Å²) in [7, 11) is 1.59. The number of ether oxygens (including phenoxy) is 1. The standard InChI is InChI=1S/C22H20N4O3/c1-29-18-11-9-17(10-12-18)26-21-19(8-5-13-23-21)25(22(26)28)15-20(27)24-14-16-6-3-2-4-7-16/h2-13H,14-15H2,1H3,(H,24,27). The summed E-state index contributed by atoms with van der Waals surface area (Å²) < 4.78 is 8.12. The van der Waals surface area contributed by atoms with Gasteiger partial charge in [0, 0.05) is 12.7 Å². The first-order valence-corrected chi connectivity index (χ1v) is 9.18. The molecule has 0 fully saturated rings. The van der Waals surface area contributed by atoms with Gasteiger partial charge in [-0.1, -0.05) is 30.3 Å². The molecule has 0 saturated carbocycles. The number of rotatable bonds is 6. The van der Waals surface area contributed by atoms with Crippen LogP contribution >= 0.6 is 0 Å². The van der Waals surface area contributed by atoms with Crippen molar-refractivity contribution in [1.29, 1.82) is 0 Å². The zero-order chi connectivity index (χ0) is 20.2. The van der Waals surface area contributed by atoms with Gasteiger partial charge in [-0.25, -0.2) is 14.3 Å². The summed E-state index contributed by atoms with van der Waals surface area (Å²) in [6.45, 7) is 0.320. The highest BCUT2D eigenvalue weighted by atomic mass is 16.5. The number of pyridine rings is 1. The van der Waals surface area contributed by atoms with Crippen LogP contribution in [0.2, 0.25) is 0 Å². The van der Waals surface area contributed by atoms with E-state index in [0.717, 1.165) is 5.56 Å². The zero-order valence-electron chi connectivity index (χ0n) is 15.9. The van der Waals surface area contributed by atoms with Crippen molar-refractivity contribution in [3.63, 3.8) is 0 Å². The van der Waals surface area contributed by atoms with Crippen molar-refractivity contribution in [3.05, 3.63) is 89.0 Å². The van der Waals surface area contributed by atoms with Crippen LogP contribution in [-0.4, -0.2) is 27.1 Å². The molecule has 1 N–H and O–H groups in total. The van der Waals surface area contributed by atoms with Gasteiger partial charge in [0.2, 0.25) is 5.91 Å². The monoisotopic (exact) mass is 388 g/mol. The number of nitrogens with one attached hydrogen (secondary N) is 1. The Morgan fingerprint density at radius 3 is 2.52 bits per heavy atom. The minimum absolute atomic E-state index is 0.0863. The Balaban J connectivity index is 1.65. The Hall–Kier alpha value is -3.87. The number of nitrogens with zero attached hydrogens (tertiary/aromatic N) is 3. The minimum Gasteiger partial charge on any atom is -0.497 e. The number of fused-ring (bicyclic) bond motifs is 1. The summed E-state index contributed by atoms with van der Waals surface area (Å²) in [5, 5.41) is 2.86. The second-order valence-corrected chi connectivity index (χ2v) is 6.51. The highest BCUT2D eigenvalue weighted by Gasteiger charge is 2.17. The molecule has 0 radical (unpaired) electrons. The van der Waals surface area contributed by atoms with Gasteiger partial charge in [-0.3, -0.25) is 9.36 Å². The third-order valence-electron chi connectivity index (χ3n) is 4.66. The van der Waals surface area contributed by atoms with Crippen molar-refractivity contribution in [1.82, 2.24) is 19.4 Å². The molecular formula is C22H20N4O3. The second-order valence-electron chi connectivity index (χ2n) is 6.51. The van der Waals surface area contributed by atoms with Crippen LogP contribution in [0.5, 0.6) is 5.75 Å². The van der Waals surface area contributed by atoms with Gasteiger partial charge < -0.3 is 10.1 Å². The average molecular weight is 388 g/mol. The number of hydrogen-bond donors (Lipinski definition) is 1. The maximum Gasteiger partial charge on any atom is 0.335 e. The molecular weight excluding hydrogens is 368 g/mol. The largest absolute Gasteiger partial charge is 0.497 e. The van der Waals surface area contributed by atoms with Gasteiger partial charge in [-0.15, -0.1) is 0 Å². The summed E-state index contributed by atoms with van der Waals surface area (Å²) in [5.74, 6) is 0.451. The van der Waals surface area contributed by atoms with Crippen LogP contribution in [0.1, 0.15) is 5.56 Å². The van der Waals surface area contributed by atoms with Crippen LogP contribution in [0.15, 0.2) is 77.7 Å². The molecule has 0 aliphatic carbocycles. The van der Waals surface area contributed by atoms with Crippen LogP contribution < -0.4 is 15.7 Å². The number of imidazole rings is 1. The Kier molecular flexibility index (Phi) is 5.11. The van der Waals surface area contributed by atoms with Gasteiger partial charge >= 0.3 is 5.69 Å². The second kappa shape index (κ2) is 8.02. The Morgan fingerprint density at radius 2 is 1.79 bits per heavy atom. The molecule has 4 rings (SSSR count). The Labute approximate surface area is 167 Å². The molecule has 2 aromatic heterocycles. The predicted octanol–water partition coefficient (Wildman–Crippen LogP) is 2.51. The molecule has 2 aromatic carbocycles. The first-order chi connectivity index (χ1) is 14.2. The first-order valence-electron chi connectivity index (χ1n) is 9.18. The molecule has 146 valence electrons. The van der Waals surface area contributed by atoms with Crippen molar-refractivity contribution in [2.45, 2.75) is 13.1 Å². The highest BCUT2D eigenvalue weighted by Crippen LogP contribution is 2.18. The number of hydrogen-bond acceptors (Lipinski definition) is 4. The van der Waals surface area contributed by atoms with Gasteiger partial charge in [-0.2, -0.15) is 0 Å². The van der Waals surface area contributed by atoms with Crippen LogP contribution in [0.25, 0.3) is 16.9 Å². The van der Waals surface area contributed by atoms with E-state index < -0.39 is 0 Å². The number of amides is 1. The van der Waals surface area contributed by atoms with Crippen LogP contribution in [0, 0.1) is 0 Å². The maximum absolute atomic E-state index is 13.1. The van der Waals surface area contributed by atoms with E-state index in [4.69, 9.17) is 4.74 Å². The maximum atomic E-state index is 13.1. The molecule has 0 unspecified atom stereocenters. The lowest BCUT2D eigenvalue weighted by Gasteiger charge is -2.06.